The van der Waals surface area contributed by atoms with Crippen LogP contribution in [0.5, 0.6) is 0 Å². The lowest BCUT2D eigenvalue weighted by Gasteiger charge is -2.40. The molecule has 1 aliphatic carbocycles. The van der Waals surface area contributed by atoms with Crippen LogP contribution in [0.25, 0.3) is 0 Å². The lowest BCUT2D eigenvalue weighted by molar-refractivity contribution is 0.149. The van der Waals surface area contributed by atoms with E-state index in [1.807, 2.05) is 0 Å². The van der Waals surface area contributed by atoms with Crippen molar-refractivity contribution in [1.82, 2.24) is 0 Å². The fraction of sp³-hybridized carbons (Fsp3) is 1.00. The van der Waals surface area contributed by atoms with Crippen molar-refractivity contribution in [1.29, 1.82) is 0 Å². The minimum atomic E-state index is 0.722. The van der Waals surface area contributed by atoms with E-state index in [1.165, 1.54) is 95.2 Å². The zero-order chi connectivity index (χ0) is 13.1. The molecule has 0 amide bonds. The highest BCUT2D eigenvalue weighted by molar-refractivity contribution is 9.09. The predicted molar refractivity (Wildman–Crippen MR) is 86.5 cm³/mol. The Morgan fingerprint density at radius 3 is 1.67 bits per heavy atom. The van der Waals surface area contributed by atoms with Crippen LogP contribution in [0, 0.1) is 5.41 Å². The second-order valence-corrected chi connectivity index (χ2v) is 6.98. The summed E-state index contributed by atoms with van der Waals surface area (Å²) < 4.78 is 0. The molecule has 0 aromatic rings. The van der Waals surface area contributed by atoms with Gasteiger partial charge in [-0.1, -0.05) is 93.5 Å². The van der Waals surface area contributed by atoms with E-state index in [4.69, 9.17) is 0 Å². The Labute approximate surface area is 123 Å². The van der Waals surface area contributed by atoms with Gasteiger partial charge in [-0.3, -0.25) is 0 Å². The highest BCUT2D eigenvalue weighted by atomic mass is 79.9. The molecule has 0 unspecified atom stereocenters. The third kappa shape index (κ3) is 6.59. The smallest absolute Gasteiger partial charge is 0.00879 e. The maximum Gasteiger partial charge on any atom is 0.00879 e. The fourth-order valence-electron chi connectivity index (χ4n) is 3.11. The topological polar surface area (TPSA) is 0 Å². The highest BCUT2D eigenvalue weighted by Gasteiger charge is 2.34. The van der Waals surface area contributed by atoms with Crippen LogP contribution in [-0.2, 0) is 0 Å². The summed E-state index contributed by atoms with van der Waals surface area (Å²) in [6, 6.07) is 0. The average Bonchev–Trinajstić information content (AvgIpc) is 2.34. The van der Waals surface area contributed by atoms with Crippen LogP contribution in [0.4, 0.5) is 0 Å². The number of alkyl halides is 1. The molecule has 0 atom stereocenters. The van der Waals surface area contributed by atoms with Gasteiger partial charge in [0, 0.05) is 5.33 Å². The van der Waals surface area contributed by atoms with Crippen LogP contribution in [0.1, 0.15) is 96.8 Å². The van der Waals surface area contributed by atoms with Crippen molar-refractivity contribution in [2.75, 3.05) is 5.33 Å². The van der Waals surface area contributed by atoms with Crippen molar-refractivity contribution >= 4 is 15.9 Å². The van der Waals surface area contributed by atoms with Crippen LogP contribution in [-0.4, -0.2) is 5.33 Å². The van der Waals surface area contributed by atoms with Gasteiger partial charge in [0.15, 0.2) is 0 Å². The summed E-state index contributed by atoms with van der Waals surface area (Å²) in [5.41, 5.74) is 0.722. The Morgan fingerprint density at radius 1 is 0.778 bits per heavy atom. The lowest BCUT2D eigenvalue weighted by atomic mass is 9.67. The molecular weight excluding hydrogens is 284 g/mol. The SMILES string of the molecule is CCCCCCCCCCCCC1(CBr)CCC1. The molecule has 0 aromatic carbocycles. The summed E-state index contributed by atoms with van der Waals surface area (Å²) >= 11 is 3.71. The first-order chi connectivity index (χ1) is 8.83. The summed E-state index contributed by atoms with van der Waals surface area (Å²) in [6.45, 7) is 2.29. The van der Waals surface area contributed by atoms with E-state index in [9.17, 15) is 0 Å². The fourth-order valence-corrected chi connectivity index (χ4v) is 3.96. The van der Waals surface area contributed by atoms with Gasteiger partial charge >= 0.3 is 0 Å². The molecule has 0 heterocycles. The first-order valence-corrected chi connectivity index (χ1v) is 9.51. The van der Waals surface area contributed by atoms with Crippen molar-refractivity contribution in [3.8, 4) is 0 Å². The Hall–Kier alpha value is 0.480. The zero-order valence-electron chi connectivity index (χ0n) is 12.5. The predicted octanol–water partition coefficient (Wildman–Crippen LogP) is 6.86. The van der Waals surface area contributed by atoms with Crippen LogP contribution >= 0.6 is 15.9 Å². The summed E-state index contributed by atoms with van der Waals surface area (Å²) in [5, 5.41) is 1.25. The highest BCUT2D eigenvalue weighted by Crippen LogP contribution is 2.46. The van der Waals surface area contributed by atoms with Crippen LogP contribution < -0.4 is 0 Å². The largest absolute Gasteiger partial charge is 0.0922 e. The summed E-state index contributed by atoms with van der Waals surface area (Å²) in [7, 11) is 0. The lowest BCUT2D eigenvalue weighted by Crippen LogP contribution is -2.30. The molecule has 1 saturated carbocycles. The number of rotatable bonds is 12. The first-order valence-electron chi connectivity index (χ1n) is 8.39. The normalized spacial score (nSPS) is 17.7. The molecule has 0 spiro atoms. The van der Waals surface area contributed by atoms with Crippen LogP contribution in [0.3, 0.4) is 0 Å². The van der Waals surface area contributed by atoms with Crippen molar-refractivity contribution in [2.45, 2.75) is 96.8 Å². The minimum Gasteiger partial charge on any atom is -0.0922 e. The zero-order valence-corrected chi connectivity index (χ0v) is 14.1. The molecular formula is C17H33Br. The molecule has 1 heteroatoms. The average molecular weight is 317 g/mol. The number of hydrogen-bond donors (Lipinski definition) is 0. The monoisotopic (exact) mass is 316 g/mol. The van der Waals surface area contributed by atoms with Gasteiger partial charge in [-0.2, -0.15) is 0 Å². The molecule has 0 aromatic heterocycles. The van der Waals surface area contributed by atoms with E-state index in [0.29, 0.717) is 0 Å². The molecule has 18 heavy (non-hydrogen) atoms. The van der Waals surface area contributed by atoms with Crippen molar-refractivity contribution in [3.63, 3.8) is 0 Å². The summed E-state index contributed by atoms with van der Waals surface area (Å²) in [5.74, 6) is 0. The maximum absolute atomic E-state index is 3.71. The van der Waals surface area contributed by atoms with Crippen LogP contribution in [0.2, 0.25) is 0 Å². The van der Waals surface area contributed by atoms with Gasteiger partial charge < -0.3 is 0 Å². The first kappa shape index (κ1) is 16.5. The molecule has 0 bridgehead atoms. The molecule has 1 rings (SSSR count). The van der Waals surface area contributed by atoms with E-state index in [1.54, 1.807) is 0 Å². The molecule has 0 radical (unpaired) electrons. The van der Waals surface area contributed by atoms with E-state index in [0.717, 1.165) is 5.41 Å². The van der Waals surface area contributed by atoms with Gasteiger partial charge in [-0.05, 0) is 24.7 Å². The van der Waals surface area contributed by atoms with Crippen LogP contribution in [0.15, 0.2) is 0 Å². The van der Waals surface area contributed by atoms with Gasteiger partial charge in [0.2, 0.25) is 0 Å². The van der Waals surface area contributed by atoms with Gasteiger partial charge in [-0.15, -0.1) is 0 Å². The maximum atomic E-state index is 3.71. The quantitative estimate of drug-likeness (QED) is 0.272. The van der Waals surface area contributed by atoms with Gasteiger partial charge in [0.05, 0.1) is 0 Å². The number of halogens is 1. The molecule has 0 saturated heterocycles. The van der Waals surface area contributed by atoms with Gasteiger partial charge in [0.1, 0.15) is 0 Å². The molecule has 0 aliphatic heterocycles. The van der Waals surface area contributed by atoms with E-state index in [-0.39, 0.29) is 0 Å². The standard InChI is InChI=1S/C17H33Br/c1-2-3-4-5-6-7-8-9-10-11-13-17(16-18)14-12-15-17/h2-16H2,1H3. The second-order valence-electron chi connectivity index (χ2n) is 6.42. The third-order valence-electron chi connectivity index (χ3n) is 4.76. The molecule has 0 nitrogen and oxygen atoms in total. The third-order valence-corrected chi connectivity index (χ3v) is 5.95. The second kappa shape index (κ2) is 10.3. The summed E-state index contributed by atoms with van der Waals surface area (Å²) in [6.07, 6.45) is 20.5. The number of unbranched alkanes of at least 4 members (excludes halogenated alkanes) is 9. The molecule has 1 aliphatic rings. The summed E-state index contributed by atoms with van der Waals surface area (Å²) in [4.78, 5) is 0. The Morgan fingerprint density at radius 2 is 1.28 bits per heavy atom. The Kier molecular flexibility index (Phi) is 9.45. The van der Waals surface area contributed by atoms with Gasteiger partial charge in [-0.25, -0.2) is 0 Å². The van der Waals surface area contributed by atoms with Gasteiger partial charge in [0.25, 0.3) is 0 Å². The van der Waals surface area contributed by atoms with E-state index in [2.05, 4.69) is 22.9 Å². The molecule has 0 N–H and O–H groups in total. The van der Waals surface area contributed by atoms with E-state index >= 15 is 0 Å². The Bertz CT molecular complexity index is 179. The van der Waals surface area contributed by atoms with Crippen molar-refractivity contribution < 1.29 is 0 Å². The van der Waals surface area contributed by atoms with Crippen molar-refractivity contribution in [3.05, 3.63) is 0 Å². The minimum absolute atomic E-state index is 0.722. The Balaban J connectivity index is 1.78. The van der Waals surface area contributed by atoms with E-state index < -0.39 is 0 Å². The van der Waals surface area contributed by atoms with Crippen molar-refractivity contribution in [2.24, 2.45) is 5.41 Å². The number of hydrogen-bond acceptors (Lipinski definition) is 0. The molecule has 108 valence electrons. The molecule has 1 fully saturated rings.